The van der Waals surface area contributed by atoms with Crippen LogP contribution in [0.3, 0.4) is 0 Å². The smallest absolute Gasteiger partial charge is 0.225 e. The van der Waals surface area contributed by atoms with Gasteiger partial charge >= 0.3 is 0 Å². The van der Waals surface area contributed by atoms with Gasteiger partial charge in [0.2, 0.25) is 5.91 Å². The van der Waals surface area contributed by atoms with E-state index in [1.165, 1.54) is 32.1 Å². The highest BCUT2D eigenvalue weighted by atomic mass is 16.2. The van der Waals surface area contributed by atoms with E-state index in [2.05, 4.69) is 5.32 Å². The van der Waals surface area contributed by atoms with Crippen LogP contribution in [0.2, 0.25) is 0 Å². The SMILES string of the molecule is CNCCN(C)C(=O)C1CCCCCCC1. The zero-order chi connectivity index (χ0) is 11.8. The van der Waals surface area contributed by atoms with E-state index < -0.39 is 0 Å². The molecule has 0 radical (unpaired) electrons. The second-order valence-electron chi connectivity index (χ2n) is 4.91. The Morgan fingerprint density at radius 1 is 1.19 bits per heavy atom. The van der Waals surface area contributed by atoms with Gasteiger partial charge in [-0.15, -0.1) is 0 Å². The molecule has 0 aromatic carbocycles. The quantitative estimate of drug-likeness (QED) is 0.795. The molecule has 3 nitrogen and oxygen atoms in total. The Labute approximate surface area is 99.6 Å². The zero-order valence-corrected chi connectivity index (χ0v) is 10.8. The molecule has 0 heterocycles. The zero-order valence-electron chi connectivity index (χ0n) is 10.8. The van der Waals surface area contributed by atoms with Crippen LogP contribution in [-0.2, 0) is 4.79 Å². The van der Waals surface area contributed by atoms with Crippen molar-refractivity contribution in [2.75, 3.05) is 27.2 Å². The van der Waals surface area contributed by atoms with E-state index in [0.29, 0.717) is 11.8 Å². The second-order valence-corrected chi connectivity index (χ2v) is 4.91. The van der Waals surface area contributed by atoms with Crippen LogP contribution in [-0.4, -0.2) is 38.0 Å². The summed E-state index contributed by atoms with van der Waals surface area (Å²) in [4.78, 5) is 14.1. The van der Waals surface area contributed by atoms with Crippen LogP contribution < -0.4 is 5.32 Å². The third-order valence-electron chi connectivity index (χ3n) is 3.53. The fraction of sp³-hybridized carbons (Fsp3) is 0.923. The van der Waals surface area contributed by atoms with Gasteiger partial charge in [0.05, 0.1) is 0 Å². The first-order valence-corrected chi connectivity index (χ1v) is 6.65. The summed E-state index contributed by atoms with van der Waals surface area (Å²) >= 11 is 0. The van der Waals surface area contributed by atoms with Crippen LogP contribution in [0.15, 0.2) is 0 Å². The molecule has 3 heteroatoms. The molecule has 16 heavy (non-hydrogen) atoms. The number of nitrogens with one attached hydrogen (secondary N) is 1. The lowest BCUT2D eigenvalue weighted by Crippen LogP contribution is -2.37. The average Bonchev–Trinajstić information content (AvgIpc) is 2.24. The number of rotatable bonds is 4. The van der Waals surface area contributed by atoms with Gasteiger partial charge in [0.15, 0.2) is 0 Å². The average molecular weight is 226 g/mol. The molecule has 0 atom stereocenters. The fourth-order valence-electron chi connectivity index (χ4n) is 2.40. The maximum Gasteiger partial charge on any atom is 0.225 e. The van der Waals surface area contributed by atoms with Crippen LogP contribution in [0.5, 0.6) is 0 Å². The summed E-state index contributed by atoms with van der Waals surface area (Å²) in [6.07, 6.45) is 8.64. The minimum absolute atomic E-state index is 0.294. The Bertz CT molecular complexity index is 198. The molecule has 1 fully saturated rings. The van der Waals surface area contributed by atoms with E-state index in [-0.39, 0.29) is 0 Å². The van der Waals surface area contributed by atoms with Gasteiger partial charge < -0.3 is 10.2 Å². The number of nitrogens with zero attached hydrogens (tertiary/aromatic N) is 1. The molecule has 0 aliphatic heterocycles. The molecule has 1 aliphatic rings. The Hall–Kier alpha value is -0.570. The number of hydrogen-bond acceptors (Lipinski definition) is 2. The molecule has 1 aliphatic carbocycles. The molecule has 0 saturated heterocycles. The van der Waals surface area contributed by atoms with Crippen LogP contribution in [0.1, 0.15) is 44.9 Å². The van der Waals surface area contributed by atoms with Crippen molar-refractivity contribution in [3.63, 3.8) is 0 Å². The molecule has 0 aromatic heterocycles. The first-order chi connectivity index (χ1) is 7.75. The summed E-state index contributed by atoms with van der Waals surface area (Å²) in [5.41, 5.74) is 0. The second kappa shape index (κ2) is 7.66. The Kier molecular flexibility index (Phi) is 6.46. The summed E-state index contributed by atoms with van der Waals surface area (Å²) in [6, 6.07) is 0. The van der Waals surface area contributed by atoms with E-state index in [9.17, 15) is 4.79 Å². The maximum atomic E-state index is 12.2. The lowest BCUT2D eigenvalue weighted by molar-refractivity contribution is -0.134. The number of likely N-dealkylation sites (N-methyl/N-ethyl adjacent to an activating group) is 2. The van der Waals surface area contributed by atoms with Crippen molar-refractivity contribution in [2.45, 2.75) is 44.9 Å². The van der Waals surface area contributed by atoms with Crippen molar-refractivity contribution in [3.8, 4) is 0 Å². The van der Waals surface area contributed by atoms with E-state index in [1.807, 2.05) is 19.0 Å². The van der Waals surface area contributed by atoms with Gasteiger partial charge in [-0.2, -0.15) is 0 Å². The highest BCUT2D eigenvalue weighted by molar-refractivity contribution is 5.78. The van der Waals surface area contributed by atoms with Crippen molar-refractivity contribution < 1.29 is 4.79 Å². The first kappa shape index (κ1) is 13.5. The van der Waals surface area contributed by atoms with Gasteiger partial charge in [-0.3, -0.25) is 4.79 Å². The van der Waals surface area contributed by atoms with Gasteiger partial charge in [-0.1, -0.05) is 32.1 Å². The predicted molar refractivity (Wildman–Crippen MR) is 67.4 cm³/mol. The number of carbonyl (C=O) groups is 1. The van der Waals surface area contributed by atoms with Crippen molar-refractivity contribution in [3.05, 3.63) is 0 Å². The molecule has 94 valence electrons. The van der Waals surface area contributed by atoms with Crippen LogP contribution in [0.4, 0.5) is 0 Å². The molecule has 0 bridgehead atoms. The fourth-order valence-corrected chi connectivity index (χ4v) is 2.40. The first-order valence-electron chi connectivity index (χ1n) is 6.65. The van der Waals surface area contributed by atoms with Gasteiger partial charge in [0, 0.05) is 26.1 Å². The van der Waals surface area contributed by atoms with Crippen molar-refractivity contribution >= 4 is 5.91 Å². The summed E-state index contributed by atoms with van der Waals surface area (Å²) in [5.74, 6) is 0.652. The minimum Gasteiger partial charge on any atom is -0.344 e. The highest BCUT2D eigenvalue weighted by Gasteiger charge is 2.21. The monoisotopic (exact) mass is 226 g/mol. The number of carbonyl (C=O) groups excluding carboxylic acids is 1. The normalized spacial score (nSPS) is 18.9. The Morgan fingerprint density at radius 2 is 1.75 bits per heavy atom. The molecule has 1 saturated carbocycles. The molecule has 0 aromatic rings. The van der Waals surface area contributed by atoms with Crippen molar-refractivity contribution in [1.82, 2.24) is 10.2 Å². The third kappa shape index (κ3) is 4.52. The number of hydrogen-bond donors (Lipinski definition) is 1. The van der Waals surface area contributed by atoms with Crippen molar-refractivity contribution in [1.29, 1.82) is 0 Å². The summed E-state index contributed by atoms with van der Waals surface area (Å²) in [5, 5.41) is 3.08. The lowest BCUT2D eigenvalue weighted by Gasteiger charge is -2.25. The summed E-state index contributed by atoms with van der Waals surface area (Å²) in [7, 11) is 3.85. The largest absolute Gasteiger partial charge is 0.344 e. The van der Waals surface area contributed by atoms with Crippen LogP contribution in [0.25, 0.3) is 0 Å². The molecular weight excluding hydrogens is 200 g/mol. The standard InChI is InChI=1S/C13H26N2O/c1-14-10-11-15(2)13(16)12-8-6-4-3-5-7-9-12/h12,14H,3-11H2,1-2H3. The van der Waals surface area contributed by atoms with E-state index in [0.717, 1.165) is 25.9 Å². The van der Waals surface area contributed by atoms with E-state index >= 15 is 0 Å². The molecular formula is C13H26N2O. The Morgan fingerprint density at radius 3 is 2.31 bits per heavy atom. The topological polar surface area (TPSA) is 32.3 Å². The molecule has 1 N–H and O–H groups in total. The predicted octanol–water partition coefficient (Wildman–Crippen LogP) is 2.02. The summed E-state index contributed by atoms with van der Waals surface area (Å²) < 4.78 is 0. The van der Waals surface area contributed by atoms with Gasteiger partial charge in [-0.25, -0.2) is 0 Å². The van der Waals surface area contributed by atoms with E-state index in [1.54, 1.807) is 0 Å². The lowest BCUT2D eigenvalue weighted by atomic mass is 9.90. The van der Waals surface area contributed by atoms with Crippen LogP contribution in [0, 0.1) is 5.92 Å². The van der Waals surface area contributed by atoms with E-state index in [4.69, 9.17) is 0 Å². The molecule has 0 spiro atoms. The Balaban J connectivity index is 2.37. The van der Waals surface area contributed by atoms with Gasteiger partial charge in [-0.05, 0) is 19.9 Å². The van der Waals surface area contributed by atoms with Crippen LogP contribution >= 0.6 is 0 Å². The van der Waals surface area contributed by atoms with Crippen molar-refractivity contribution in [2.24, 2.45) is 5.92 Å². The molecule has 0 unspecified atom stereocenters. The maximum absolute atomic E-state index is 12.2. The summed E-state index contributed by atoms with van der Waals surface area (Å²) in [6.45, 7) is 1.71. The number of amides is 1. The molecule has 1 amide bonds. The molecule has 1 rings (SSSR count). The minimum atomic E-state index is 0.294. The highest BCUT2D eigenvalue weighted by Crippen LogP contribution is 2.23. The van der Waals surface area contributed by atoms with Gasteiger partial charge in [0.1, 0.15) is 0 Å². The van der Waals surface area contributed by atoms with Gasteiger partial charge in [0.25, 0.3) is 0 Å². The third-order valence-corrected chi connectivity index (χ3v) is 3.53.